The van der Waals surface area contributed by atoms with Gasteiger partial charge in [0.25, 0.3) is 0 Å². The van der Waals surface area contributed by atoms with Crippen molar-refractivity contribution in [3.8, 4) is 17.1 Å². The third-order valence-corrected chi connectivity index (χ3v) is 6.59. The van der Waals surface area contributed by atoms with Crippen molar-refractivity contribution < 1.29 is 4.79 Å². The van der Waals surface area contributed by atoms with Crippen LogP contribution >= 0.6 is 27.7 Å². The Balaban J connectivity index is 1.58. The van der Waals surface area contributed by atoms with Crippen molar-refractivity contribution in [2.75, 3.05) is 11.1 Å². The van der Waals surface area contributed by atoms with Crippen LogP contribution in [-0.4, -0.2) is 26.4 Å². The molecule has 0 spiro atoms. The number of nitrogens with one attached hydrogen (secondary N) is 1. The molecule has 4 rings (SSSR count). The van der Waals surface area contributed by atoms with Crippen LogP contribution in [0.2, 0.25) is 0 Å². The summed E-state index contributed by atoms with van der Waals surface area (Å²) in [6.07, 6.45) is 0. The highest BCUT2D eigenvalue weighted by Crippen LogP contribution is 2.30. The molecule has 0 aliphatic rings. The smallest absolute Gasteiger partial charge is 0.234 e. The Labute approximate surface area is 206 Å². The largest absolute Gasteiger partial charge is 0.325 e. The quantitative estimate of drug-likeness (QED) is 0.270. The third kappa shape index (κ3) is 5.54. The van der Waals surface area contributed by atoms with Gasteiger partial charge in [0.1, 0.15) is 0 Å². The average molecular weight is 521 g/mol. The van der Waals surface area contributed by atoms with Crippen molar-refractivity contribution in [1.29, 1.82) is 0 Å². The molecule has 0 saturated carbocycles. The van der Waals surface area contributed by atoms with Crippen LogP contribution in [0.5, 0.6) is 0 Å². The van der Waals surface area contributed by atoms with E-state index in [-0.39, 0.29) is 11.7 Å². The molecule has 0 radical (unpaired) electrons. The summed E-state index contributed by atoms with van der Waals surface area (Å²) in [6.45, 7) is 6.28. The van der Waals surface area contributed by atoms with E-state index < -0.39 is 0 Å². The molecule has 0 aliphatic heterocycles. The van der Waals surface area contributed by atoms with Gasteiger partial charge in [0, 0.05) is 21.4 Å². The van der Waals surface area contributed by atoms with Crippen LogP contribution in [0.25, 0.3) is 17.1 Å². The molecule has 0 atom stereocenters. The van der Waals surface area contributed by atoms with Crippen molar-refractivity contribution >= 4 is 39.3 Å². The molecule has 33 heavy (non-hydrogen) atoms. The summed E-state index contributed by atoms with van der Waals surface area (Å²) in [5.74, 6) is 1.20. The fourth-order valence-corrected chi connectivity index (χ4v) is 4.72. The zero-order valence-corrected chi connectivity index (χ0v) is 21.2. The maximum atomic E-state index is 12.8. The summed E-state index contributed by atoms with van der Waals surface area (Å²) in [6, 6.07) is 24.1. The van der Waals surface area contributed by atoms with Gasteiger partial charge in [0.05, 0.1) is 5.75 Å². The maximum absolute atomic E-state index is 12.8. The fourth-order valence-electron chi connectivity index (χ4n) is 3.59. The van der Waals surface area contributed by atoms with E-state index in [9.17, 15) is 4.79 Å². The molecule has 168 valence electrons. The first-order chi connectivity index (χ1) is 15.9. The van der Waals surface area contributed by atoms with Gasteiger partial charge in [0.15, 0.2) is 11.0 Å². The van der Waals surface area contributed by atoms with Gasteiger partial charge in [-0.25, -0.2) is 0 Å². The van der Waals surface area contributed by atoms with Crippen molar-refractivity contribution in [2.45, 2.75) is 31.8 Å². The second kappa shape index (κ2) is 10.4. The molecule has 1 heterocycles. The monoisotopic (exact) mass is 520 g/mol. The Kier molecular flexibility index (Phi) is 7.30. The molecule has 0 aliphatic carbocycles. The Bertz CT molecular complexity index is 1270. The lowest BCUT2D eigenvalue weighted by molar-refractivity contribution is -0.113. The Morgan fingerprint density at radius 2 is 1.82 bits per heavy atom. The van der Waals surface area contributed by atoms with Gasteiger partial charge in [-0.3, -0.25) is 9.36 Å². The topological polar surface area (TPSA) is 59.8 Å². The number of carbonyl (C=O) groups is 1. The van der Waals surface area contributed by atoms with Gasteiger partial charge in [-0.2, -0.15) is 0 Å². The van der Waals surface area contributed by atoms with Crippen LogP contribution < -0.4 is 5.32 Å². The lowest BCUT2D eigenvalue weighted by Crippen LogP contribution is -2.16. The summed E-state index contributed by atoms with van der Waals surface area (Å²) in [5, 5.41) is 12.6. The van der Waals surface area contributed by atoms with Gasteiger partial charge in [-0.15, -0.1) is 10.2 Å². The molecule has 5 nitrogen and oxygen atoms in total. The van der Waals surface area contributed by atoms with Gasteiger partial charge in [-0.05, 0) is 54.8 Å². The maximum Gasteiger partial charge on any atom is 0.234 e. The second-order valence-corrected chi connectivity index (χ2v) is 9.93. The number of amides is 1. The predicted molar refractivity (Wildman–Crippen MR) is 139 cm³/mol. The molecule has 4 aromatic rings. The van der Waals surface area contributed by atoms with Crippen LogP contribution in [0.15, 0.2) is 82.4 Å². The molecule has 0 fully saturated rings. The number of para-hydroxylation sites is 1. The number of aryl methyl sites for hydroxylation is 1. The molecule has 3 aromatic carbocycles. The van der Waals surface area contributed by atoms with Crippen LogP contribution in [0.1, 0.15) is 30.9 Å². The number of benzene rings is 3. The third-order valence-electron chi connectivity index (χ3n) is 5.17. The van der Waals surface area contributed by atoms with Crippen LogP contribution in [0, 0.1) is 6.92 Å². The predicted octanol–water partition coefficient (Wildman–Crippen LogP) is 6.86. The number of hydrogen-bond acceptors (Lipinski definition) is 4. The summed E-state index contributed by atoms with van der Waals surface area (Å²) in [7, 11) is 0. The number of halogens is 1. The average Bonchev–Trinajstić information content (AvgIpc) is 3.23. The van der Waals surface area contributed by atoms with E-state index in [0.717, 1.165) is 38.4 Å². The Morgan fingerprint density at radius 1 is 1.03 bits per heavy atom. The van der Waals surface area contributed by atoms with E-state index >= 15 is 0 Å². The number of nitrogens with zero attached hydrogens (tertiary/aromatic N) is 3. The van der Waals surface area contributed by atoms with Gasteiger partial charge >= 0.3 is 0 Å². The van der Waals surface area contributed by atoms with E-state index in [1.807, 2.05) is 65.2 Å². The highest BCUT2D eigenvalue weighted by Gasteiger charge is 2.18. The number of rotatable bonds is 7. The highest BCUT2D eigenvalue weighted by molar-refractivity contribution is 9.10. The minimum atomic E-state index is -0.0797. The number of hydrogen-bond donors (Lipinski definition) is 1. The molecule has 7 heteroatoms. The normalized spacial score (nSPS) is 11.1. The van der Waals surface area contributed by atoms with E-state index in [2.05, 4.69) is 64.3 Å². The van der Waals surface area contributed by atoms with E-state index in [4.69, 9.17) is 0 Å². The Hall–Kier alpha value is -2.90. The van der Waals surface area contributed by atoms with Crippen molar-refractivity contribution in [3.63, 3.8) is 0 Å². The molecular formula is C26H25BrN4OS. The summed E-state index contributed by atoms with van der Waals surface area (Å²) >= 11 is 4.89. The van der Waals surface area contributed by atoms with Crippen LogP contribution in [0.3, 0.4) is 0 Å². The minimum absolute atomic E-state index is 0.0797. The zero-order chi connectivity index (χ0) is 23.4. The molecular weight excluding hydrogens is 496 g/mol. The number of aromatic nitrogens is 3. The molecule has 0 saturated heterocycles. The van der Waals surface area contributed by atoms with Crippen molar-refractivity contribution in [2.24, 2.45) is 0 Å². The van der Waals surface area contributed by atoms with Gasteiger partial charge in [0.2, 0.25) is 5.91 Å². The molecule has 0 bridgehead atoms. The van der Waals surface area contributed by atoms with E-state index in [1.165, 1.54) is 11.8 Å². The van der Waals surface area contributed by atoms with E-state index in [1.54, 1.807) is 0 Å². The highest BCUT2D eigenvalue weighted by atomic mass is 79.9. The van der Waals surface area contributed by atoms with Gasteiger partial charge in [-0.1, -0.05) is 83.5 Å². The first-order valence-electron chi connectivity index (χ1n) is 10.7. The SMILES string of the molecule is Cc1cccc(-c2nnc(SCC(=O)Nc3ccc(Br)cc3C(C)C)n2-c2ccccc2)c1. The van der Waals surface area contributed by atoms with Crippen molar-refractivity contribution in [3.05, 3.63) is 88.4 Å². The van der Waals surface area contributed by atoms with Crippen molar-refractivity contribution in [1.82, 2.24) is 14.8 Å². The number of carbonyl (C=O) groups excluding carboxylic acids is 1. The van der Waals surface area contributed by atoms with E-state index in [0.29, 0.717) is 11.1 Å². The first-order valence-corrected chi connectivity index (χ1v) is 12.5. The lowest BCUT2D eigenvalue weighted by atomic mass is 10.0. The molecule has 1 amide bonds. The zero-order valence-electron chi connectivity index (χ0n) is 18.7. The summed E-state index contributed by atoms with van der Waals surface area (Å²) in [5.41, 5.74) is 5.02. The van der Waals surface area contributed by atoms with Gasteiger partial charge < -0.3 is 5.32 Å². The number of thioether (sulfide) groups is 1. The molecule has 0 unspecified atom stereocenters. The summed E-state index contributed by atoms with van der Waals surface area (Å²) < 4.78 is 3.00. The Morgan fingerprint density at radius 3 is 2.55 bits per heavy atom. The minimum Gasteiger partial charge on any atom is -0.325 e. The second-order valence-electron chi connectivity index (χ2n) is 8.07. The molecule has 1 aromatic heterocycles. The molecule has 1 N–H and O–H groups in total. The number of anilines is 1. The summed E-state index contributed by atoms with van der Waals surface area (Å²) in [4.78, 5) is 12.8. The fraction of sp³-hybridized carbons (Fsp3) is 0.192. The first kappa shape index (κ1) is 23.3. The standard InChI is InChI=1S/C26H25BrN4OS/c1-17(2)22-15-20(27)12-13-23(22)28-24(32)16-33-26-30-29-25(19-9-7-8-18(3)14-19)31(26)21-10-5-4-6-11-21/h4-15,17H,16H2,1-3H3,(H,28,32). The van der Waals surface area contributed by atoms with Crippen LogP contribution in [0.4, 0.5) is 5.69 Å². The lowest BCUT2D eigenvalue weighted by Gasteiger charge is -2.14. The van der Waals surface area contributed by atoms with Crippen LogP contribution in [-0.2, 0) is 4.79 Å².